The lowest BCUT2D eigenvalue weighted by molar-refractivity contribution is -0.115. The van der Waals surface area contributed by atoms with Crippen LogP contribution in [-0.4, -0.2) is 40.4 Å². The van der Waals surface area contributed by atoms with Gasteiger partial charge in [0.2, 0.25) is 5.91 Å². The second-order valence-electron chi connectivity index (χ2n) is 7.86. The number of anilines is 1. The van der Waals surface area contributed by atoms with Gasteiger partial charge in [-0.25, -0.2) is 4.98 Å². The molecule has 1 N–H and O–H groups in total. The van der Waals surface area contributed by atoms with Gasteiger partial charge in [0, 0.05) is 26.9 Å². The highest BCUT2D eigenvalue weighted by atomic mass is 16.5. The fourth-order valence-electron chi connectivity index (χ4n) is 3.79. The molecular weight excluding hydrogens is 420 g/mol. The van der Waals surface area contributed by atoms with E-state index < -0.39 is 0 Å². The third kappa shape index (κ3) is 4.96. The molecule has 0 saturated heterocycles. The summed E-state index contributed by atoms with van der Waals surface area (Å²) in [5.74, 6) is 0.987. The van der Waals surface area contributed by atoms with E-state index in [0.717, 1.165) is 5.56 Å². The van der Waals surface area contributed by atoms with Gasteiger partial charge in [0.05, 0.1) is 35.8 Å². The number of ether oxygens (including phenoxy) is 1. The fraction of sp³-hybridized carbons (Fsp3) is 0.240. The average Bonchev–Trinajstić information content (AvgIpc) is 3.41. The molecule has 0 unspecified atom stereocenters. The molecule has 8 heteroatoms. The SMILES string of the molecule is COCc1nc2cc(NC(=O)Cc3ccccc3)cc(C(=O)N(C)Cc3ccco3)c2n1C. The Morgan fingerprint density at radius 1 is 1.15 bits per heavy atom. The molecule has 0 spiro atoms. The van der Waals surface area contributed by atoms with E-state index in [-0.39, 0.29) is 18.2 Å². The van der Waals surface area contributed by atoms with Crippen molar-refractivity contribution in [2.75, 3.05) is 19.5 Å². The molecule has 4 rings (SSSR count). The van der Waals surface area contributed by atoms with Crippen LogP contribution in [0.5, 0.6) is 0 Å². The van der Waals surface area contributed by atoms with Crippen molar-refractivity contribution < 1.29 is 18.7 Å². The molecule has 2 amide bonds. The fourth-order valence-corrected chi connectivity index (χ4v) is 3.79. The molecule has 0 radical (unpaired) electrons. The maximum Gasteiger partial charge on any atom is 0.256 e. The molecule has 0 aliphatic rings. The van der Waals surface area contributed by atoms with Crippen LogP contribution in [-0.2, 0) is 36.2 Å². The summed E-state index contributed by atoms with van der Waals surface area (Å²) in [4.78, 5) is 32.3. The van der Waals surface area contributed by atoms with Gasteiger partial charge in [-0.15, -0.1) is 0 Å². The van der Waals surface area contributed by atoms with Crippen LogP contribution in [0, 0.1) is 0 Å². The van der Waals surface area contributed by atoms with Gasteiger partial charge in [-0.3, -0.25) is 9.59 Å². The Balaban J connectivity index is 1.68. The van der Waals surface area contributed by atoms with E-state index in [1.54, 1.807) is 43.5 Å². The smallest absolute Gasteiger partial charge is 0.256 e. The molecule has 0 aliphatic heterocycles. The molecule has 8 nitrogen and oxygen atoms in total. The predicted molar refractivity (Wildman–Crippen MR) is 125 cm³/mol. The number of aryl methyl sites for hydroxylation is 1. The minimum atomic E-state index is -0.206. The van der Waals surface area contributed by atoms with Gasteiger partial charge in [0.15, 0.2) is 0 Å². The van der Waals surface area contributed by atoms with Gasteiger partial charge in [0.25, 0.3) is 5.91 Å². The molecule has 33 heavy (non-hydrogen) atoms. The lowest BCUT2D eigenvalue weighted by Crippen LogP contribution is -2.27. The van der Waals surface area contributed by atoms with Crippen molar-refractivity contribution in [3.8, 4) is 0 Å². The molecule has 4 aromatic rings. The number of amides is 2. The number of nitrogens with zero attached hydrogens (tertiary/aromatic N) is 3. The van der Waals surface area contributed by atoms with Crippen molar-refractivity contribution in [2.45, 2.75) is 19.6 Å². The zero-order valence-corrected chi connectivity index (χ0v) is 18.9. The van der Waals surface area contributed by atoms with Crippen LogP contribution in [0.1, 0.15) is 27.5 Å². The first-order chi connectivity index (χ1) is 16.0. The van der Waals surface area contributed by atoms with E-state index in [1.807, 2.05) is 48.0 Å². The van der Waals surface area contributed by atoms with E-state index >= 15 is 0 Å². The van der Waals surface area contributed by atoms with E-state index in [4.69, 9.17) is 9.15 Å². The first kappa shape index (κ1) is 22.3. The van der Waals surface area contributed by atoms with Crippen molar-refractivity contribution >= 4 is 28.5 Å². The minimum absolute atomic E-state index is 0.170. The van der Waals surface area contributed by atoms with Crippen molar-refractivity contribution in [1.82, 2.24) is 14.5 Å². The molecule has 0 atom stereocenters. The number of methoxy groups -OCH3 is 1. The van der Waals surface area contributed by atoms with Crippen LogP contribution in [0.15, 0.2) is 65.3 Å². The largest absolute Gasteiger partial charge is 0.467 e. The number of rotatable bonds is 8. The lowest BCUT2D eigenvalue weighted by atomic mass is 10.1. The molecule has 0 bridgehead atoms. The summed E-state index contributed by atoms with van der Waals surface area (Å²) in [6.45, 7) is 0.622. The monoisotopic (exact) mass is 446 g/mol. The maximum atomic E-state index is 13.4. The zero-order chi connectivity index (χ0) is 23.4. The van der Waals surface area contributed by atoms with Crippen LogP contribution in [0.4, 0.5) is 5.69 Å². The van der Waals surface area contributed by atoms with Crippen LogP contribution < -0.4 is 5.32 Å². The Kier molecular flexibility index (Phi) is 6.55. The molecule has 2 aromatic carbocycles. The van der Waals surface area contributed by atoms with Gasteiger partial charge in [-0.1, -0.05) is 30.3 Å². The number of imidazole rings is 1. The number of aromatic nitrogens is 2. The van der Waals surface area contributed by atoms with Crippen molar-refractivity contribution in [1.29, 1.82) is 0 Å². The predicted octanol–water partition coefficient (Wildman–Crippen LogP) is 3.77. The number of furan rings is 1. The Morgan fingerprint density at radius 2 is 1.94 bits per heavy atom. The van der Waals surface area contributed by atoms with E-state index in [9.17, 15) is 9.59 Å². The van der Waals surface area contributed by atoms with Crippen molar-refractivity contribution in [3.05, 3.63) is 83.6 Å². The standard InChI is InChI=1S/C25H26N4O4/c1-28(15-19-10-7-11-33-19)25(31)20-13-18(26-23(30)12-17-8-5-4-6-9-17)14-21-24(20)29(2)22(27-21)16-32-3/h4-11,13-14H,12,15-16H2,1-3H3,(H,26,30). The Hall–Kier alpha value is -3.91. The molecule has 0 aliphatic carbocycles. The Bertz CT molecular complexity index is 1260. The highest BCUT2D eigenvalue weighted by Crippen LogP contribution is 2.27. The van der Waals surface area contributed by atoms with Gasteiger partial charge in [-0.05, 0) is 29.8 Å². The van der Waals surface area contributed by atoms with E-state index in [2.05, 4.69) is 10.3 Å². The van der Waals surface area contributed by atoms with Crippen molar-refractivity contribution in [2.24, 2.45) is 7.05 Å². The first-order valence-corrected chi connectivity index (χ1v) is 10.6. The summed E-state index contributed by atoms with van der Waals surface area (Å²) in [7, 11) is 5.15. The minimum Gasteiger partial charge on any atom is -0.467 e. The molecular formula is C25H26N4O4. The number of hydrogen-bond donors (Lipinski definition) is 1. The first-order valence-electron chi connectivity index (χ1n) is 10.6. The summed E-state index contributed by atoms with van der Waals surface area (Å²) < 4.78 is 12.5. The third-order valence-electron chi connectivity index (χ3n) is 5.38. The van der Waals surface area contributed by atoms with Gasteiger partial charge in [0.1, 0.15) is 18.2 Å². The molecule has 170 valence electrons. The van der Waals surface area contributed by atoms with E-state index in [0.29, 0.717) is 47.0 Å². The summed E-state index contributed by atoms with van der Waals surface area (Å²) in [5, 5.41) is 2.91. The number of fused-ring (bicyclic) bond motifs is 1. The quantitative estimate of drug-likeness (QED) is 0.445. The van der Waals surface area contributed by atoms with Crippen molar-refractivity contribution in [3.63, 3.8) is 0 Å². The lowest BCUT2D eigenvalue weighted by Gasteiger charge is -2.18. The number of hydrogen-bond acceptors (Lipinski definition) is 5. The molecule has 2 heterocycles. The van der Waals surface area contributed by atoms with Crippen LogP contribution >= 0.6 is 0 Å². The van der Waals surface area contributed by atoms with Gasteiger partial charge >= 0.3 is 0 Å². The second kappa shape index (κ2) is 9.70. The summed E-state index contributed by atoms with van der Waals surface area (Å²) in [6, 6.07) is 16.6. The average molecular weight is 447 g/mol. The van der Waals surface area contributed by atoms with Crippen LogP contribution in [0.2, 0.25) is 0 Å². The maximum absolute atomic E-state index is 13.4. The van der Waals surface area contributed by atoms with Gasteiger partial charge in [-0.2, -0.15) is 0 Å². The number of carbonyl (C=O) groups excluding carboxylic acids is 2. The number of nitrogens with one attached hydrogen (secondary N) is 1. The second-order valence-corrected chi connectivity index (χ2v) is 7.86. The van der Waals surface area contributed by atoms with E-state index in [1.165, 1.54) is 0 Å². The highest BCUT2D eigenvalue weighted by molar-refractivity contribution is 6.07. The van der Waals surface area contributed by atoms with Crippen LogP contribution in [0.25, 0.3) is 11.0 Å². The molecule has 2 aromatic heterocycles. The topological polar surface area (TPSA) is 89.6 Å². The third-order valence-corrected chi connectivity index (χ3v) is 5.38. The Morgan fingerprint density at radius 3 is 2.64 bits per heavy atom. The normalized spacial score (nSPS) is 11.0. The zero-order valence-electron chi connectivity index (χ0n) is 18.9. The molecule has 0 fully saturated rings. The molecule has 0 saturated carbocycles. The summed E-state index contributed by atoms with van der Waals surface area (Å²) in [6.07, 6.45) is 1.81. The van der Waals surface area contributed by atoms with Gasteiger partial charge < -0.3 is 23.9 Å². The summed E-state index contributed by atoms with van der Waals surface area (Å²) in [5.41, 5.74) is 3.15. The number of benzene rings is 2. The van der Waals surface area contributed by atoms with Crippen LogP contribution in [0.3, 0.4) is 0 Å². The number of carbonyl (C=O) groups is 2. The Labute approximate surface area is 191 Å². The highest BCUT2D eigenvalue weighted by Gasteiger charge is 2.22. The summed E-state index contributed by atoms with van der Waals surface area (Å²) >= 11 is 0.